The molecule has 5 heteroatoms. The number of hydrogen-bond donors (Lipinski definition) is 1. The van der Waals surface area contributed by atoms with Gasteiger partial charge in [0.25, 0.3) is 5.91 Å². The quantitative estimate of drug-likeness (QED) is 0.637. The third kappa shape index (κ3) is 5.91. The van der Waals surface area contributed by atoms with Crippen molar-refractivity contribution in [3.63, 3.8) is 0 Å². The van der Waals surface area contributed by atoms with Crippen molar-refractivity contribution in [3.05, 3.63) is 54.1 Å². The molecule has 0 radical (unpaired) electrons. The molecule has 0 heterocycles. The van der Waals surface area contributed by atoms with Gasteiger partial charge >= 0.3 is 0 Å². The Morgan fingerprint density at radius 3 is 2.26 bits per heavy atom. The number of amides is 1. The minimum atomic E-state index is -0.579. The van der Waals surface area contributed by atoms with Gasteiger partial charge in [-0.15, -0.1) is 0 Å². The number of hydrogen-bond acceptors (Lipinski definition) is 4. The van der Waals surface area contributed by atoms with Gasteiger partial charge in [-0.05, 0) is 36.1 Å². The van der Waals surface area contributed by atoms with Gasteiger partial charge in [0.1, 0.15) is 12.4 Å². The van der Waals surface area contributed by atoms with Crippen LogP contribution in [0.2, 0.25) is 0 Å². The topological polar surface area (TPSA) is 56.8 Å². The first kappa shape index (κ1) is 20.6. The molecule has 2 rings (SSSR count). The van der Waals surface area contributed by atoms with Crippen molar-refractivity contribution in [1.82, 2.24) is 5.32 Å². The number of carbonyl (C=O) groups excluding carboxylic acids is 1. The fourth-order valence-corrected chi connectivity index (χ4v) is 2.73. The van der Waals surface area contributed by atoms with Crippen LogP contribution in [0.3, 0.4) is 0 Å². The summed E-state index contributed by atoms with van der Waals surface area (Å²) in [6.45, 7) is 6.99. The van der Waals surface area contributed by atoms with Gasteiger partial charge in [0, 0.05) is 0 Å². The maximum Gasteiger partial charge on any atom is 0.261 e. The molecule has 0 bridgehead atoms. The second-order valence-corrected chi connectivity index (χ2v) is 6.50. The molecule has 1 atom stereocenters. The zero-order valence-electron chi connectivity index (χ0n) is 16.5. The number of nitrogens with one attached hydrogen (secondary N) is 1. The van der Waals surface area contributed by atoms with Crippen LogP contribution in [0.15, 0.2) is 48.5 Å². The Morgan fingerprint density at radius 1 is 1.00 bits per heavy atom. The van der Waals surface area contributed by atoms with Gasteiger partial charge in [-0.2, -0.15) is 0 Å². The van der Waals surface area contributed by atoms with Gasteiger partial charge in [0.05, 0.1) is 13.7 Å². The monoisotopic (exact) mass is 371 g/mol. The molecule has 2 aromatic carbocycles. The number of rotatable bonds is 10. The second kappa shape index (κ2) is 10.5. The lowest BCUT2D eigenvalue weighted by Gasteiger charge is -2.19. The molecule has 0 fully saturated rings. The summed E-state index contributed by atoms with van der Waals surface area (Å²) in [6.07, 6.45) is -0.0229. The van der Waals surface area contributed by atoms with E-state index in [1.807, 2.05) is 37.3 Å². The van der Waals surface area contributed by atoms with E-state index < -0.39 is 6.10 Å². The SMILES string of the molecule is CC[C@@H](Oc1ccccc1OC)C(=O)NCCOc1ccccc1C(C)C. The van der Waals surface area contributed by atoms with Crippen LogP contribution in [0.4, 0.5) is 0 Å². The second-order valence-electron chi connectivity index (χ2n) is 6.50. The van der Waals surface area contributed by atoms with Crippen LogP contribution in [0.5, 0.6) is 17.2 Å². The zero-order valence-corrected chi connectivity index (χ0v) is 16.5. The van der Waals surface area contributed by atoms with E-state index in [0.29, 0.717) is 37.0 Å². The molecular formula is C22H29NO4. The van der Waals surface area contributed by atoms with Gasteiger partial charge in [-0.25, -0.2) is 0 Å². The summed E-state index contributed by atoms with van der Waals surface area (Å²) in [5, 5.41) is 2.88. The molecular weight excluding hydrogens is 342 g/mol. The lowest BCUT2D eigenvalue weighted by Crippen LogP contribution is -2.39. The molecule has 0 saturated carbocycles. The van der Waals surface area contributed by atoms with Crippen molar-refractivity contribution < 1.29 is 19.0 Å². The van der Waals surface area contributed by atoms with Crippen LogP contribution in [0, 0.1) is 0 Å². The molecule has 1 N–H and O–H groups in total. The lowest BCUT2D eigenvalue weighted by atomic mass is 10.0. The third-order valence-corrected chi connectivity index (χ3v) is 4.20. The van der Waals surface area contributed by atoms with E-state index in [2.05, 4.69) is 25.2 Å². The first-order chi connectivity index (χ1) is 13.1. The third-order valence-electron chi connectivity index (χ3n) is 4.20. The average molecular weight is 371 g/mol. The Balaban J connectivity index is 1.85. The molecule has 2 aromatic rings. The first-order valence-electron chi connectivity index (χ1n) is 9.35. The standard InChI is InChI=1S/C22H29NO4/c1-5-18(27-21-13-9-8-12-20(21)25-4)22(24)23-14-15-26-19-11-7-6-10-17(19)16(2)3/h6-13,16,18H,5,14-15H2,1-4H3,(H,23,24)/t18-/m1/s1. The minimum Gasteiger partial charge on any atom is -0.493 e. The highest BCUT2D eigenvalue weighted by Crippen LogP contribution is 2.27. The van der Waals surface area contributed by atoms with E-state index in [4.69, 9.17) is 14.2 Å². The zero-order chi connectivity index (χ0) is 19.6. The molecule has 27 heavy (non-hydrogen) atoms. The highest BCUT2D eigenvalue weighted by Gasteiger charge is 2.19. The highest BCUT2D eigenvalue weighted by molar-refractivity contribution is 5.81. The summed E-state index contributed by atoms with van der Waals surface area (Å²) < 4.78 is 16.9. The molecule has 146 valence electrons. The van der Waals surface area contributed by atoms with Crippen molar-refractivity contribution in [2.75, 3.05) is 20.3 Å². The number of para-hydroxylation sites is 3. The Hall–Kier alpha value is -2.69. The maximum atomic E-state index is 12.4. The van der Waals surface area contributed by atoms with E-state index in [1.165, 1.54) is 0 Å². The molecule has 0 aliphatic carbocycles. The van der Waals surface area contributed by atoms with E-state index in [0.717, 1.165) is 11.3 Å². The van der Waals surface area contributed by atoms with Gasteiger partial charge < -0.3 is 19.5 Å². The Bertz CT molecular complexity index is 730. The van der Waals surface area contributed by atoms with Gasteiger partial charge in [-0.1, -0.05) is 51.1 Å². The maximum absolute atomic E-state index is 12.4. The number of methoxy groups -OCH3 is 1. The van der Waals surface area contributed by atoms with Crippen molar-refractivity contribution in [3.8, 4) is 17.2 Å². The summed E-state index contributed by atoms with van der Waals surface area (Å²) in [5.41, 5.74) is 1.16. The fourth-order valence-electron chi connectivity index (χ4n) is 2.73. The van der Waals surface area contributed by atoms with Gasteiger partial charge in [0.2, 0.25) is 0 Å². The summed E-state index contributed by atoms with van der Waals surface area (Å²) in [7, 11) is 1.58. The molecule has 0 aromatic heterocycles. The smallest absolute Gasteiger partial charge is 0.261 e. The molecule has 1 amide bonds. The van der Waals surface area contributed by atoms with Crippen molar-refractivity contribution >= 4 is 5.91 Å². The molecule has 0 aliphatic rings. The van der Waals surface area contributed by atoms with E-state index in [-0.39, 0.29) is 5.91 Å². The molecule has 5 nitrogen and oxygen atoms in total. The number of ether oxygens (including phenoxy) is 3. The van der Waals surface area contributed by atoms with Crippen LogP contribution >= 0.6 is 0 Å². The van der Waals surface area contributed by atoms with Crippen molar-refractivity contribution in [2.24, 2.45) is 0 Å². The summed E-state index contributed by atoms with van der Waals surface area (Å²) in [4.78, 5) is 12.4. The highest BCUT2D eigenvalue weighted by atomic mass is 16.5. The molecule has 0 saturated heterocycles. The minimum absolute atomic E-state index is 0.163. The van der Waals surface area contributed by atoms with Gasteiger partial charge in [-0.3, -0.25) is 4.79 Å². The number of carbonyl (C=O) groups is 1. The van der Waals surface area contributed by atoms with Gasteiger partial charge in [0.15, 0.2) is 17.6 Å². The molecule has 0 spiro atoms. The average Bonchev–Trinajstić information content (AvgIpc) is 2.69. The summed E-state index contributed by atoms with van der Waals surface area (Å²) >= 11 is 0. The van der Waals surface area contributed by atoms with Crippen LogP contribution in [-0.4, -0.2) is 32.3 Å². The van der Waals surface area contributed by atoms with Crippen LogP contribution in [0.1, 0.15) is 38.7 Å². The fraction of sp³-hybridized carbons (Fsp3) is 0.409. The Labute approximate surface area is 161 Å². The van der Waals surface area contributed by atoms with Crippen LogP contribution < -0.4 is 19.5 Å². The summed E-state index contributed by atoms with van der Waals surface area (Å²) in [5.74, 6) is 2.25. The molecule has 0 aliphatic heterocycles. The summed E-state index contributed by atoms with van der Waals surface area (Å²) in [6, 6.07) is 15.3. The lowest BCUT2D eigenvalue weighted by molar-refractivity contribution is -0.128. The largest absolute Gasteiger partial charge is 0.493 e. The number of benzene rings is 2. The Kier molecular flexibility index (Phi) is 7.99. The van der Waals surface area contributed by atoms with Crippen LogP contribution in [-0.2, 0) is 4.79 Å². The predicted molar refractivity (Wildman–Crippen MR) is 107 cm³/mol. The van der Waals surface area contributed by atoms with E-state index >= 15 is 0 Å². The van der Waals surface area contributed by atoms with Crippen molar-refractivity contribution in [2.45, 2.75) is 39.2 Å². The molecule has 0 unspecified atom stereocenters. The first-order valence-corrected chi connectivity index (χ1v) is 9.35. The normalized spacial score (nSPS) is 11.7. The van der Waals surface area contributed by atoms with Crippen LogP contribution in [0.25, 0.3) is 0 Å². The predicted octanol–water partition coefficient (Wildman–Crippen LogP) is 4.17. The Morgan fingerprint density at radius 2 is 1.63 bits per heavy atom. The van der Waals surface area contributed by atoms with Crippen molar-refractivity contribution in [1.29, 1.82) is 0 Å². The van der Waals surface area contributed by atoms with E-state index in [9.17, 15) is 4.79 Å². The van der Waals surface area contributed by atoms with E-state index in [1.54, 1.807) is 19.2 Å².